The molecular weight excluding hydrogens is 403 g/mol. The standard InChI is InChI=1S/C17H24N4O.HI/c1-21(2)16(22)13-19-17(20-15-10-6-7-11-15)18-12-14-8-4-3-5-9-14;/h3-9,15H,10-13H2,1-2H3,(H2,18,19,20);1H. The Morgan fingerprint density at radius 3 is 2.48 bits per heavy atom. The van der Waals surface area contributed by atoms with Crippen LogP contribution in [0.15, 0.2) is 47.5 Å². The van der Waals surface area contributed by atoms with Crippen LogP contribution in [0, 0.1) is 0 Å². The molecule has 0 spiro atoms. The highest BCUT2D eigenvalue weighted by Gasteiger charge is 2.13. The van der Waals surface area contributed by atoms with Crippen LogP contribution in [0.3, 0.4) is 0 Å². The van der Waals surface area contributed by atoms with Crippen LogP contribution in [0.5, 0.6) is 0 Å². The monoisotopic (exact) mass is 428 g/mol. The number of benzene rings is 1. The molecule has 0 bridgehead atoms. The van der Waals surface area contributed by atoms with E-state index in [1.165, 1.54) is 0 Å². The van der Waals surface area contributed by atoms with Crippen molar-refractivity contribution < 1.29 is 4.79 Å². The van der Waals surface area contributed by atoms with E-state index >= 15 is 0 Å². The number of hydrogen-bond donors (Lipinski definition) is 2. The molecule has 6 heteroatoms. The third-order valence-corrected chi connectivity index (χ3v) is 3.52. The van der Waals surface area contributed by atoms with Gasteiger partial charge in [0.1, 0.15) is 0 Å². The van der Waals surface area contributed by atoms with Crippen molar-refractivity contribution in [2.75, 3.05) is 20.6 Å². The third kappa shape index (κ3) is 7.02. The number of carbonyl (C=O) groups excluding carboxylic acids is 1. The van der Waals surface area contributed by atoms with E-state index in [1.54, 1.807) is 19.0 Å². The average molecular weight is 428 g/mol. The number of guanidine groups is 1. The van der Waals surface area contributed by atoms with Crippen molar-refractivity contribution >= 4 is 35.8 Å². The predicted octanol–water partition coefficient (Wildman–Crippen LogP) is 2.15. The van der Waals surface area contributed by atoms with Gasteiger partial charge in [0.2, 0.25) is 5.91 Å². The Morgan fingerprint density at radius 2 is 1.87 bits per heavy atom. The number of halogens is 1. The molecular formula is C17H25IN4O. The van der Waals surface area contributed by atoms with Crippen molar-refractivity contribution in [1.29, 1.82) is 0 Å². The van der Waals surface area contributed by atoms with Gasteiger partial charge in [-0.1, -0.05) is 42.5 Å². The minimum absolute atomic E-state index is 0. The maximum absolute atomic E-state index is 11.7. The maximum Gasteiger partial charge on any atom is 0.241 e. The molecule has 0 saturated heterocycles. The Labute approximate surface area is 155 Å². The number of likely N-dealkylation sites (N-methyl/N-ethyl adjacent to an activating group) is 1. The first-order chi connectivity index (χ1) is 10.6. The predicted molar refractivity (Wildman–Crippen MR) is 105 cm³/mol. The van der Waals surface area contributed by atoms with Gasteiger partial charge in [0, 0.05) is 20.1 Å². The quantitative estimate of drug-likeness (QED) is 0.327. The van der Waals surface area contributed by atoms with E-state index in [-0.39, 0.29) is 36.4 Å². The molecule has 0 fully saturated rings. The van der Waals surface area contributed by atoms with Crippen molar-refractivity contribution in [3.8, 4) is 0 Å². The van der Waals surface area contributed by atoms with Crippen LogP contribution in [-0.4, -0.2) is 43.4 Å². The van der Waals surface area contributed by atoms with E-state index in [4.69, 9.17) is 0 Å². The first kappa shape index (κ1) is 19.5. The van der Waals surface area contributed by atoms with Crippen LogP contribution < -0.4 is 10.6 Å². The Hall–Kier alpha value is -1.57. The molecule has 23 heavy (non-hydrogen) atoms. The molecule has 2 N–H and O–H groups in total. The van der Waals surface area contributed by atoms with Crippen LogP contribution in [0.2, 0.25) is 0 Å². The molecule has 0 aromatic heterocycles. The summed E-state index contributed by atoms with van der Waals surface area (Å²) in [4.78, 5) is 17.9. The van der Waals surface area contributed by atoms with Gasteiger partial charge >= 0.3 is 0 Å². The molecule has 0 unspecified atom stereocenters. The van der Waals surface area contributed by atoms with Crippen molar-refractivity contribution in [3.63, 3.8) is 0 Å². The van der Waals surface area contributed by atoms with Crippen LogP contribution in [-0.2, 0) is 11.3 Å². The lowest BCUT2D eigenvalue weighted by Gasteiger charge is -2.18. The van der Waals surface area contributed by atoms with Crippen molar-refractivity contribution in [2.45, 2.75) is 25.4 Å². The molecule has 1 aliphatic rings. The zero-order valence-electron chi connectivity index (χ0n) is 13.7. The number of nitrogens with one attached hydrogen (secondary N) is 2. The summed E-state index contributed by atoms with van der Waals surface area (Å²) in [6.45, 7) is 0.834. The van der Waals surface area contributed by atoms with Gasteiger partial charge in [0.25, 0.3) is 0 Å². The van der Waals surface area contributed by atoms with Gasteiger partial charge in [-0.2, -0.15) is 0 Å². The zero-order valence-corrected chi connectivity index (χ0v) is 16.0. The SMILES string of the molecule is CN(C)C(=O)CNC(=NCc1ccccc1)NC1CC=CC1.I. The molecule has 0 radical (unpaired) electrons. The summed E-state index contributed by atoms with van der Waals surface area (Å²) in [6.07, 6.45) is 6.32. The first-order valence-electron chi connectivity index (χ1n) is 7.59. The van der Waals surface area contributed by atoms with Gasteiger partial charge in [-0.15, -0.1) is 24.0 Å². The Balaban J connectivity index is 0.00000264. The van der Waals surface area contributed by atoms with E-state index in [0.29, 0.717) is 18.5 Å². The van der Waals surface area contributed by atoms with Crippen molar-refractivity contribution in [2.24, 2.45) is 4.99 Å². The van der Waals surface area contributed by atoms with Crippen LogP contribution in [0.1, 0.15) is 18.4 Å². The molecule has 0 atom stereocenters. The summed E-state index contributed by atoms with van der Waals surface area (Å²) in [5.41, 5.74) is 1.15. The highest BCUT2D eigenvalue weighted by Crippen LogP contribution is 2.09. The van der Waals surface area contributed by atoms with Gasteiger partial charge in [-0.05, 0) is 18.4 Å². The lowest BCUT2D eigenvalue weighted by Crippen LogP contribution is -2.46. The lowest BCUT2D eigenvalue weighted by molar-refractivity contribution is -0.127. The van der Waals surface area contributed by atoms with Gasteiger partial charge in [-0.3, -0.25) is 4.79 Å². The molecule has 1 aliphatic carbocycles. The number of amides is 1. The van der Waals surface area contributed by atoms with E-state index in [2.05, 4.69) is 27.8 Å². The first-order valence-corrected chi connectivity index (χ1v) is 7.59. The Bertz CT molecular complexity index is 535. The summed E-state index contributed by atoms with van der Waals surface area (Å²) in [5, 5.41) is 6.50. The van der Waals surface area contributed by atoms with Gasteiger partial charge in [-0.25, -0.2) is 4.99 Å². The fourth-order valence-electron chi connectivity index (χ4n) is 2.15. The van der Waals surface area contributed by atoms with Gasteiger partial charge in [0.15, 0.2) is 5.96 Å². The summed E-state index contributed by atoms with van der Waals surface area (Å²) < 4.78 is 0. The minimum atomic E-state index is 0. The molecule has 2 rings (SSSR count). The highest BCUT2D eigenvalue weighted by atomic mass is 127. The number of hydrogen-bond acceptors (Lipinski definition) is 2. The number of aliphatic imine (C=N–C) groups is 1. The van der Waals surface area contributed by atoms with Gasteiger partial charge in [0.05, 0.1) is 13.1 Å². The van der Waals surface area contributed by atoms with Crippen LogP contribution >= 0.6 is 24.0 Å². The van der Waals surface area contributed by atoms with Gasteiger partial charge < -0.3 is 15.5 Å². The summed E-state index contributed by atoms with van der Waals surface area (Å²) in [6, 6.07) is 10.4. The second-order valence-corrected chi connectivity index (χ2v) is 5.58. The normalized spacial score (nSPS) is 14.3. The average Bonchev–Trinajstić information content (AvgIpc) is 3.03. The number of nitrogens with zero attached hydrogens (tertiary/aromatic N) is 2. The van der Waals surface area contributed by atoms with E-state index in [1.807, 2.05) is 30.3 Å². The molecule has 126 valence electrons. The molecule has 1 aromatic carbocycles. The molecule has 0 aliphatic heterocycles. The summed E-state index contributed by atoms with van der Waals surface area (Å²) in [7, 11) is 3.50. The smallest absolute Gasteiger partial charge is 0.241 e. The van der Waals surface area contributed by atoms with E-state index in [0.717, 1.165) is 18.4 Å². The molecule has 1 amide bonds. The number of carbonyl (C=O) groups is 1. The van der Waals surface area contributed by atoms with Crippen LogP contribution in [0.4, 0.5) is 0 Å². The Morgan fingerprint density at radius 1 is 1.22 bits per heavy atom. The lowest BCUT2D eigenvalue weighted by atomic mass is 10.2. The van der Waals surface area contributed by atoms with Crippen LogP contribution in [0.25, 0.3) is 0 Å². The van der Waals surface area contributed by atoms with E-state index < -0.39 is 0 Å². The summed E-state index contributed by atoms with van der Waals surface area (Å²) in [5.74, 6) is 0.714. The number of rotatable bonds is 5. The fraction of sp³-hybridized carbons (Fsp3) is 0.412. The second kappa shape index (κ2) is 10.3. The second-order valence-electron chi connectivity index (χ2n) is 5.58. The van der Waals surface area contributed by atoms with E-state index in [9.17, 15) is 4.79 Å². The maximum atomic E-state index is 11.7. The topological polar surface area (TPSA) is 56.7 Å². The fourth-order valence-corrected chi connectivity index (χ4v) is 2.15. The summed E-state index contributed by atoms with van der Waals surface area (Å²) >= 11 is 0. The molecule has 0 heterocycles. The minimum Gasteiger partial charge on any atom is -0.353 e. The highest BCUT2D eigenvalue weighted by molar-refractivity contribution is 14.0. The van der Waals surface area contributed by atoms with Crippen molar-refractivity contribution in [1.82, 2.24) is 15.5 Å². The molecule has 5 nitrogen and oxygen atoms in total. The third-order valence-electron chi connectivity index (χ3n) is 3.52. The molecule has 0 saturated carbocycles. The zero-order chi connectivity index (χ0) is 15.8. The van der Waals surface area contributed by atoms with Crippen molar-refractivity contribution in [3.05, 3.63) is 48.0 Å². The largest absolute Gasteiger partial charge is 0.353 e. The molecule has 1 aromatic rings. The Kier molecular flexibility index (Phi) is 8.68.